The third kappa shape index (κ3) is 5.50. The number of nitrogens with two attached hydrogens (primary N) is 1. The molecule has 1 amide bonds. The minimum Gasteiger partial charge on any atom is -0.369 e. The third-order valence-electron chi connectivity index (χ3n) is 2.75. The lowest BCUT2D eigenvalue weighted by Gasteiger charge is -2.16. The Bertz CT molecular complexity index is 346. The summed E-state index contributed by atoms with van der Waals surface area (Å²) in [4.78, 5) is 13.1. The van der Waals surface area contributed by atoms with Gasteiger partial charge in [0.2, 0.25) is 5.91 Å². The fourth-order valence-electron chi connectivity index (χ4n) is 1.78. The standard InChI is InChI=1S/C14H22N2O/c1-3-4-9-16(2)11-13-7-5-12(6-8-13)10-14(15)17/h5-8H,3-4,9-11H2,1-2H3,(H2,15,17). The Morgan fingerprint density at radius 2 is 1.82 bits per heavy atom. The predicted molar refractivity (Wildman–Crippen MR) is 70.6 cm³/mol. The number of primary amides is 1. The summed E-state index contributed by atoms with van der Waals surface area (Å²) in [6, 6.07) is 8.10. The molecule has 3 nitrogen and oxygen atoms in total. The molecular formula is C14H22N2O. The maximum absolute atomic E-state index is 10.8. The summed E-state index contributed by atoms with van der Waals surface area (Å²) < 4.78 is 0. The van der Waals surface area contributed by atoms with Crippen LogP contribution in [-0.4, -0.2) is 24.4 Å². The van der Waals surface area contributed by atoms with Gasteiger partial charge in [-0.1, -0.05) is 37.6 Å². The molecular weight excluding hydrogens is 212 g/mol. The van der Waals surface area contributed by atoms with Crippen molar-refractivity contribution in [3.8, 4) is 0 Å². The summed E-state index contributed by atoms with van der Waals surface area (Å²) in [6.07, 6.45) is 2.78. The molecule has 2 N–H and O–H groups in total. The van der Waals surface area contributed by atoms with E-state index in [0.29, 0.717) is 6.42 Å². The number of unbranched alkanes of at least 4 members (excludes halogenated alkanes) is 1. The van der Waals surface area contributed by atoms with Crippen LogP contribution >= 0.6 is 0 Å². The quantitative estimate of drug-likeness (QED) is 0.783. The summed E-state index contributed by atoms with van der Waals surface area (Å²) in [5, 5.41) is 0. The molecule has 0 aliphatic rings. The highest BCUT2D eigenvalue weighted by Gasteiger charge is 2.01. The molecule has 0 atom stereocenters. The van der Waals surface area contributed by atoms with Gasteiger partial charge in [0, 0.05) is 6.54 Å². The molecule has 0 saturated carbocycles. The average molecular weight is 234 g/mol. The number of nitrogens with zero attached hydrogens (tertiary/aromatic N) is 1. The van der Waals surface area contributed by atoms with E-state index in [1.165, 1.54) is 18.4 Å². The summed E-state index contributed by atoms with van der Waals surface area (Å²) in [6.45, 7) is 4.28. The molecule has 0 spiro atoms. The topological polar surface area (TPSA) is 46.3 Å². The van der Waals surface area contributed by atoms with Crippen LogP contribution in [-0.2, 0) is 17.8 Å². The molecule has 1 aromatic rings. The highest BCUT2D eigenvalue weighted by Crippen LogP contribution is 2.07. The number of carbonyl (C=O) groups is 1. The first kappa shape index (κ1) is 13.7. The lowest BCUT2D eigenvalue weighted by molar-refractivity contribution is -0.117. The first-order valence-corrected chi connectivity index (χ1v) is 6.16. The molecule has 0 aliphatic carbocycles. The summed E-state index contributed by atoms with van der Waals surface area (Å²) in [5.74, 6) is -0.280. The Balaban J connectivity index is 2.47. The Morgan fingerprint density at radius 1 is 1.24 bits per heavy atom. The van der Waals surface area contributed by atoms with Gasteiger partial charge in [-0.15, -0.1) is 0 Å². The third-order valence-corrected chi connectivity index (χ3v) is 2.75. The van der Waals surface area contributed by atoms with Gasteiger partial charge in [-0.3, -0.25) is 4.79 Å². The van der Waals surface area contributed by atoms with Crippen LogP contribution < -0.4 is 5.73 Å². The minimum absolute atomic E-state index is 0.280. The Morgan fingerprint density at radius 3 is 2.35 bits per heavy atom. The van der Waals surface area contributed by atoms with E-state index in [4.69, 9.17) is 5.73 Å². The number of rotatable bonds is 7. The lowest BCUT2D eigenvalue weighted by atomic mass is 10.1. The van der Waals surface area contributed by atoms with Gasteiger partial charge < -0.3 is 10.6 Å². The molecule has 1 rings (SSSR count). The number of amides is 1. The Hall–Kier alpha value is -1.35. The summed E-state index contributed by atoms with van der Waals surface area (Å²) in [5.41, 5.74) is 7.41. The molecule has 0 unspecified atom stereocenters. The van der Waals surface area contributed by atoms with E-state index in [2.05, 4.69) is 31.0 Å². The van der Waals surface area contributed by atoms with Crippen LogP contribution in [0.25, 0.3) is 0 Å². The van der Waals surface area contributed by atoms with Gasteiger partial charge in [0.25, 0.3) is 0 Å². The van der Waals surface area contributed by atoms with Crippen LogP contribution in [0.2, 0.25) is 0 Å². The van der Waals surface area contributed by atoms with Gasteiger partial charge in [-0.25, -0.2) is 0 Å². The van der Waals surface area contributed by atoms with E-state index in [1.54, 1.807) is 0 Å². The highest BCUT2D eigenvalue weighted by atomic mass is 16.1. The van der Waals surface area contributed by atoms with Crippen molar-refractivity contribution in [1.29, 1.82) is 0 Å². The van der Waals surface area contributed by atoms with E-state index in [1.807, 2.05) is 12.1 Å². The minimum atomic E-state index is -0.280. The molecule has 17 heavy (non-hydrogen) atoms. The zero-order valence-electron chi connectivity index (χ0n) is 10.8. The first-order chi connectivity index (χ1) is 8.11. The van der Waals surface area contributed by atoms with Crippen LogP contribution in [0.5, 0.6) is 0 Å². The fraction of sp³-hybridized carbons (Fsp3) is 0.500. The van der Waals surface area contributed by atoms with Crippen LogP contribution in [0.15, 0.2) is 24.3 Å². The van der Waals surface area contributed by atoms with E-state index in [9.17, 15) is 4.79 Å². The number of benzene rings is 1. The van der Waals surface area contributed by atoms with Crippen molar-refractivity contribution in [2.45, 2.75) is 32.7 Å². The van der Waals surface area contributed by atoms with Gasteiger partial charge in [-0.2, -0.15) is 0 Å². The molecule has 0 radical (unpaired) electrons. The first-order valence-electron chi connectivity index (χ1n) is 6.16. The molecule has 0 aromatic heterocycles. The molecule has 94 valence electrons. The van der Waals surface area contributed by atoms with Crippen LogP contribution in [0.3, 0.4) is 0 Å². The SMILES string of the molecule is CCCCN(C)Cc1ccc(CC(N)=O)cc1. The molecule has 1 aromatic carbocycles. The van der Waals surface area contributed by atoms with E-state index < -0.39 is 0 Å². The molecule has 0 bridgehead atoms. The van der Waals surface area contributed by atoms with Crippen LogP contribution in [0.4, 0.5) is 0 Å². The van der Waals surface area contributed by atoms with Crippen molar-refractivity contribution in [1.82, 2.24) is 4.90 Å². The highest BCUT2D eigenvalue weighted by molar-refractivity contribution is 5.76. The second kappa shape index (κ2) is 7.07. The van der Waals surface area contributed by atoms with Crippen molar-refractivity contribution in [3.05, 3.63) is 35.4 Å². The van der Waals surface area contributed by atoms with Crippen molar-refractivity contribution in [2.24, 2.45) is 5.73 Å². The summed E-state index contributed by atoms with van der Waals surface area (Å²) in [7, 11) is 2.13. The zero-order chi connectivity index (χ0) is 12.7. The number of hydrogen-bond donors (Lipinski definition) is 1. The zero-order valence-corrected chi connectivity index (χ0v) is 10.8. The van der Waals surface area contributed by atoms with Gasteiger partial charge in [-0.05, 0) is 31.1 Å². The van der Waals surface area contributed by atoms with Gasteiger partial charge in [0.05, 0.1) is 6.42 Å². The largest absolute Gasteiger partial charge is 0.369 e. The van der Waals surface area contributed by atoms with Gasteiger partial charge >= 0.3 is 0 Å². The van der Waals surface area contributed by atoms with Crippen molar-refractivity contribution < 1.29 is 4.79 Å². The van der Waals surface area contributed by atoms with E-state index in [0.717, 1.165) is 18.7 Å². The van der Waals surface area contributed by atoms with E-state index in [-0.39, 0.29) is 5.91 Å². The molecule has 0 fully saturated rings. The summed E-state index contributed by atoms with van der Waals surface area (Å²) >= 11 is 0. The van der Waals surface area contributed by atoms with Crippen molar-refractivity contribution >= 4 is 5.91 Å². The maximum Gasteiger partial charge on any atom is 0.221 e. The molecule has 0 heterocycles. The van der Waals surface area contributed by atoms with Crippen molar-refractivity contribution in [3.63, 3.8) is 0 Å². The number of hydrogen-bond acceptors (Lipinski definition) is 2. The molecule has 3 heteroatoms. The second-order valence-corrected chi connectivity index (χ2v) is 4.55. The lowest BCUT2D eigenvalue weighted by Crippen LogP contribution is -2.19. The second-order valence-electron chi connectivity index (χ2n) is 4.55. The van der Waals surface area contributed by atoms with Crippen molar-refractivity contribution in [2.75, 3.05) is 13.6 Å². The van der Waals surface area contributed by atoms with Crippen LogP contribution in [0, 0.1) is 0 Å². The van der Waals surface area contributed by atoms with Crippen LogP contribution in [0.1, 0.15) is 30.9 Å². The average Bonchev–Trinajstić information content (AvgIpc) is 2.28. The monoisotopic (exact) mass is 234 g/mol. The Labute approximate surface area is 104 Å². The van der Waals surface area contributed by atoms with E-state index >= 15 is 0 Å². The molecule has 0 saturated heterocycles. The normalized spacial score (nSPS) is 10.8. The fourth-order valence-corrected chi connectivity index (χ4v) is 1.78. The number of carbonyl (C=O) groups excluding carboxylic acids is 1. The molecule has 0 aliphatic heterocycles. The predicted octanol–water partition coefficient (Wildman–Crippen LogP) is 1.95. The van der Waals surface area contributed by atoms with Gasteiger partial charge in [0.1, 0.15) is 0 Å². The maximum atomic E-state index is 10.8. The smallest absolute Gasteiger partial charge is 0.221 e. The Kier molecular flexibility index (Phi) is 5.70. The van der Waals surface area contributed by atoms with Gasteiger partial charge in [0.15, 0.2) is 0 Å².